The lowest BCUT2D eigenvalue weighted by atomic mass is 10.1. The molecule has 0 unspecified atom stereocenters. The summed E-state index contributed by atoms with van der Waals surface area (Å²) in [6, 6.07) is 0. The van der Waals surface area contributed by atoms with E-state index in [1.165, 1.54) is 56.9 Å². The van der Waals surface area contributed by atoms with Crippen molar-refractivity contribution in [3.05, 3.63) is 18.0 Å². The summed E-state index contributed by atoms with van der Waals surface area (Å²) in [6.45, 7) is 4.95. The number of aliphatic hydroxyl groups is 1. The van der Waals surface area contributed by atoms with Crippen LogP contribution >= 0.6 is 0 Å². The van der Waals surface area contributed by atoms with E-state index in [1.54, 1.807) is 4.68 Å². The molecule has 1 rings (SSSR count). The van der Waals surface area contributed by atoms with Crippen LogP contribution in [-0.4, -0.2) is 28.0 Å². The number of unbranched alkanes of at least 4 members (excludes halogenated alkanes) is 7. The Morgan fingerprint density at radius 3 is 2.50 bits per heavy atom. The van der Waals surface area contributed by atoms with E-state index in [4.69, 9.17) is 5.11 Å². The molecule has 0 bridgehead atoms. The van der Waals surface area contributed by atoms with Gasteiger partial charge in [0.05, 0.1) is 19.3 Å². The fraction of sp³-hybridized carbons (Fsp3) is 0.812. The van der Waals surface area contributed by atoms with E-state index >= 15 is 0 Å². The van der Waals surface area contributed by atoms with E-state index in [0.717, 1.165) is 13.1 Å². The van der Waals surface area contributed by atoms with Crippen molar-refractivity contribution < 1.29 is 5.11 Å². The average molecular weight is 281 g/mol. The number of nitrogens with zero attached hydrogens (tertiary/aromatic N) is 2. The first-order valence-corrected chi connectivity index (χ1v) is 8.19. The van der Waals surface area contributed by atoms with Crippen LogP contribution in [0.25, 0.3) is 0 Å². The smallest absolute Gasteiger partial charge is 0.0640 e. The molecule has 20 heavy (non-hydrogen) atoms. The summed E-state index contributed by atoms with van der Waals surface area (Å²) < 4.78 is 1.79. The lowest BCUT2D eigenvalue weighted by Crippen LogP contribution is -2.14. The maximum atomic E-state index is 8.82. The fourth-order valence-electron chi connectivity index (χ4n) is 2.34. The Balaban J connectivity index is 1.89. The highest BCUT2D eigenvalue weighted by Gasteiger charge is 1.97. The zero-order valence-electron chi connectivity index (χ0n) is 13.0. The SMILES string of the molecule is CCCCCCCCCCNCc1cnn(CCO)c1. The van der Waals surface area contributed by atoms with Crippen molar-refractivity contribution in [2.24, 2.45) is 0 Å². The molecule has 1 aromatic heterocycles. The van der Waals surface area contributed by atoms with Gasteiger partial charge >= 0.3 is 0 Å². The van der Waals surface area contributed by atoms with E-state index in [1.807, 2.05) is 12.4 Å². The van der Waals surface area contributed by atoms with Gasteiger partial charge in [-0.25, -0.2) is 0 Å². The summed E-state index contributed by atoms with van der Waals surface area (Å²) in [5.41, 5.74) is 1.19. The first kappa shape index (κ1) is 17.2. The molecule has 0 spiro atoms. The van der Waals surface area contributed by atoms with Crippen LogP contribution < -0.4 is 5.32 Å². The molecular weight excluding hydrogens is 250 g/mol. The Labute approximate surface area is 123 Å². The van der Waals surface area contributed by atoms with E-state index in [9.17, 15) is 0 Å². The van der Waals surface area contributed by atoms with Crippen LogP contribution in [0.2, 0.25) is 0 Å². The van der Waals surface area contributed by atoms with Gasteiger partial charge in [0.2, 0.25) is 0 Å². The predicted octanol–water partition coefficient (Wildman–Crippen LogP) is 3.11. The molecule has 0 aliphatic heterocycles. The van der Waals surface area contributed by atoms with Gasteiger partial charge in [0.15, 0.2) is 0 Å². The summed E-state index contributed by atoms with van der Waals surface area (Å²) >= 11 is 0. The third-order valence-corrected chi connectivity index (χ3v) is 3.55. The van der Waals surface area contributed by atoms with Crippen molar-refractivity contribution in [3.8, 4) is 0 Å². The molecule has 0 aliphatic rings. The fourth-order valence-corrected chi connectivity index (χ4v) is 2.34. The maximum Gasteiger partial charge on any atom is 0.0640 e. The van der Waals surface area contributed by atoms with Crippen LogP contribution in [0.3, 0.4) is 0 Å². The minimum absolute atomic E-state index is 0.146. The molecule has 116 valence electrons. The van der Waals surface area contributed by atoms with Crippen LogP contribution in [0.1, 0.15) is 63.9 Å². The number of aromatic nitrogens is 2. The molecule has 0 radical (unpaired) electrons. The van der Waals surface area contributed by atoms with E-state index in [-0.39, 0.29) is 6.61 Å². The number of hydrogen-bond acceptors (Lipinski definition) is 3. The molecule has 0 saturated carbocycles. The molecule has 1 aromatic rings. The van der Waals surface area contributed by atoms with Gasteiger partial charge in [0.25, 0.3) is 0 Å². The van der Waals surface area contributed by atoms with Gasteiger partial charge in [0, 0.05) is 18.3 Å². The molecular formula is C16H31N3O. The molecule has 0 atom stereocenters. The lowest BCUT2D eigenvalue weighted by molar-refractivity contribution is 0.269. The minimum Gasteiger partial charge on any atom is -0.394 e. The highest BCUT2D eigenvalue weighted by atomic mass is 16.3. The van der Waals surface area contributed by atoms with Crippen molar-refractivity contribution in [2.45, 2.75) is 71.4 Å². The van der Waals surface area contributed by atoms with Crippen LogP contribution in [0.15, 0.2) is 12.4 Å². The lowest BCUT2D eigenvalue weighted by Gasteiger charge is -2.03. The highest BCUT2D eigenvalue weighted by molar-refractivity contribution is 5.03. The average Bonchev–Trinajstić information content (AvgIpc) is 2.89. The quantitative estimate of drug-likeness (QED) is 0.546. The summed E-state index contributed by atoms with van der Waals surface area (Å²) in [5, 5.41) is 16.5. The van der Waals surface area contributed by atoms with Crippen molar-refractivity contribution in [1.29, 1.82) is 0 Å². The monoisotopic (exact) mass is 281 g/mol. The molecule has 0 amide bonds. The number of rotatable bonds is 13. The second-order valence-electron chi connectivity index (χ2n) is 5.49. The van der Waals surface area contributed by atoms with Crippen molar-refractivity contribution in [2.75, 3.05) is 13.2 Å². The number of nitrogens with one attached hydrogen (secondary N) is 1. The van der Waals surface area contributed by atoms with Crippen molar-refractivity contribution in [3.63, 3.8) is 0 Å². The van der Waals surface area contributed by atoms with Gasteiger partial charge < -0.3 is 10.4 Å². The van der Waals surface area contributed by atoms with E-state index < -0.39 is 0 Å². The normalized spacial score (nSPS) is 11.1. The molecule has 0 aliphatic carbocycles. The first-order chi connectivity index (χ1) is 9.86. The minimum atomic E-state index is 0.146. The largest absolute Gasteiger partial charge is 0.394 e. The van der Waals surface area contributed by atoms with Crippen LogP contribution in [0, 0.1) is 0 Å². The Bertz CT molecular complexity index is 325. The zero-order valence-corrected chi connectivity index (χ0v) is 13.0. The molecule has 4 heteroatoms. The predicted molar refractivity (Wildman–Crippen MR) is 83.6 cm³/mol. The first-order valence-electron chi connectivity index (χ1n) is 8.19. The molecule has 2 N–H and O–H groups in total. The maximum absolute atomic E-state index is 8.82. The van der Waals surface area contributed by atoms with Gasteiger partial charge in [-0.15, -0.1) is 0 Å². The van der Waals surface area contributed by atoms with Gasteiger partial charge in [-0.1, -0.05) is 51.9 Å². The summed E-state index contributed by atoms with van der Waals surface area (Å²) in [6.07, 6.45) is 14.8. The van der Waals surface area contributed by atoms with Crippen LogP contribution in [-0.2, 0) is 13.1 Å². The molecule has 0 fully saturated rings. The standard InChI is InChI=1S/C16H31N3O/c1-2-3-4-5-6-7-8-9-10-17-13-16-14-18-19(15-16)11-12-20/h14-15,17,20H,2-13H2,1H3. The number of hydrogen-bond donors (Lipinski definition) is 2. The van der Waals surface area contributed by atoms with Gasteiger partial charge in [0.1, 0.15) is 0 Å². The Kier molecular flexibility index (Phi) is 10.2. The molecule has 1 heterocycles. The van der Waals surface area contributed by atoms with Gasteiger partial charge in [-0.05, 0) is 13.0 Å². The van der Waals surface area contributed by atoms with Crippen LogP contribution in [0.4, 0.5) is 0 Å². The Morgan fingerprint density at radius 2 is 1.80 bits per heavy atom. The van der Waals surface area contributed by atoms with Crippen LogP contribution in [0.5, 0.6) is 0 Å². The molecule has 0 aromatic carbocycles. The third kappa shape index (κ3) is 8.33. The van der Waals surface area contributed by atoms with Gasteiger partial charge in [-0.2, -0.15) is 5.10 Å². The highest BCUT2D eigenvalue weighted by Crippen LogP contribution is 2.08. The summed E-state index contributed by atoms with van der Waals surface area (Å²) in [4.78, 5) is 0. The molecule has 0 saturated heterocycles. The van der Waals surface area contributed by atoms with Gasteiger partial charge in [-0.3, -0.25) is 4.68 Å². The summed E-state index contributed by atoms with van der Waals surface area (Å²) in [7, 11) is 0. The van der Waals surface area contributed by atoms with Crippen molar-refractivity contribution >= 4 is 0 Å². The second kappa shape index (κ2) is 11.9. The van der Waals surface area contributed by atoms with E-state index in [0.29, 0.717) is 6.54 Å². The Morgan fingerprint density at radius 1 is 1.10 bits per heavy atom. The second-order valence-corrected chi connectivity index (χ2v) is 5.49. The Hall–Kier alpha value is -0.870. The molecule has 4 nitrogen and oxygen atoms in total. The third-order valence-electron chi connectivity index (χ3n) is 3.55. The van der Waals surface area contributed by atoms with E-state index in [2.05, 4.69) is 17.3 Å². The van der Waals surface area contributed by atoms with Crippen molar-refractivity contribution in [1.82, 2.24) is 15.1 Å². The number of aliphatic hydroxyl groups excluding tert-OH is 1. The summed E-state index contributed by atoms with van der Waals surface area (Å²) in [5.74, 6) is 0. The zero-order chi connectivity index (χ0) is 14.5. The topological polar surface area (TPSA) is 50.1 Å².